The number of esters is 1. The van der Waals surface area contributed by atoms with Gasteiger partial charge in [-0.15, -0.1) is 0 Å². The van der Waals surface area contributed by atoms with Gasteiger partial charge in [0.15, 0.2) is 0 Å². The Morgan fingerprint density at radius 3 is 3.05 bits per heavy atom. The van der Waals surface area contributed by atoms with Crippen LogP contribution >= 0.6 is 0 Å². The molecule has 2 fully saturated rings. The van der Waals surface area contributed by atoms with Gasteiger partial charge in [-0.3, -0.25) is 0 Å². The highest BCUT2D eigenvalue weighted by Gasteiger charge is 2.36. The van der Waals surface area contributed by atoms with Crippen molar-refractivity contribution in [3.63, 3.8) is 0 Å². The Balaban J connectivity index is 1.85. The van der Waals surface area contributed by atoms with E-state index in [4.69, 9.17) is 10.5 Å². The number of anilines is 2. The number of pyridine rings is 1. The molecule has 1 saturated heterocycles. The molecule has 2 unspecified atom stereocenters. The lowest BCUT2D eigenvalue weighted by atomic mass is 9.85. The van der Waals surface area contributed by atoms with Crippen LogP contribution in [0.25, 0.3) is 0 Å². The molecule has 1 aliphatic carbocycles. The number of rotatable bonds is 3. The Labute approximate surface area is 125 Å². The number of nitrogens with two attached hydrogens (primary N) is 1. The third kappa shape index (κ3) is 2.69. The summed E-state index contributed by atoms with van der Waals surface area (Å²) in [6.45, 7) is 3.17. The Morgan fingerprint density at radius 1 is 1.43 bits per heavy atom. The Morgan fingerprint density at radius 2 is 2.24 bits per heavy atom. The quantitative estimate of drug-likeness (QED) is 0.866. The van der Waals surface area contributed by atoms with Crippen molar-refractivity contribution in [3.8, 4) is 0 Å². The van der Waals surface area contributed by atoms with E-state index < -0.39 is 0 Å². The number of hydrogen-bond acceptors (Lipinski definition) is 5. The first-order chi connectivity index (χ1) is 10.2. The van der Waals surface area contributed by atoms with Crippen molar-refractivity contribution in [2.45, 2.75) is 45.1 Å². The van der Waals surface area contributed by atoms with Crippen LogP contribution in [0, 0.1) is 5.92 Å². The van der Waals surface area contributed by atoms with Gasteiger partial charge in [0.05, 0.1) is 24.1 Å². The lowest BCUT2D eigenvalue weighted by molar-refractivity contribution is 0.0527. The van der Waals surface area contributed by atoms with Crippen molar-refractivity contribution in [3.05, 3.63) is 17.8 Å². The molecule has 2 atom stereocenters. The van der Waals surface area contributed by atoms with Crippen LogP contribution in [-0.4, -0.2) is 30.1 Å². The van der Waals surface area contributed by atoms with Crippen molar-refractivity contribution in [2.75, 3.05) is 23.8 Å². The molecule has 1 aromatic heterocycles. The van der Waals surface area contributed by atoms with E-state index in [-0.39, 0.29) is 5.97 Å². The number of nitrogens with zero attached hydrogens (tertiary/aromatic N) is 2. The molecular weight excluding hydrogens is 266 g/mol. The maximum atomic E-state index is 12.0. The molecule has 1 aliphatic heterocycles. The molecule has 0 spiro atoms. The fourth-order valence-corrected chi connectivity index (χ4v) is 3.69. The summed E-state index contributed by atoms with van der Waals surface area (Å²) in [6, 6.07) is 2.37. The molecule has 2 N–H and O–H groups in total. The molecular formula is C16H23N3O2. The highest BCUT2D eigenvalue weighted by atomic mass is 16.5. The average Bonchev–Trinajstić information content (AvgIpc) is 2.92. The summed E-state index contributed by atoms with van der Waals surface area (Å²) >= 11 is 0. The highest BCUT2D eigenvalue weighted by Crippen LogP contribution is 2.38. The number of carbonyl (C=O) groups excluding carboxylic acids is 1. The topological polar surface area (TPSA) is 68.5 Å². The monoisotopic (exact) mass is 289 g/mol. The number of carbonyl (C=O) groups is 1. The van der Waals surface area contributed by atoms with Crippen LogP contribution < -0.4 is 10.6 Å². The van der Waals surface area contributed by atoms with E-state index in [2.05, 4.69) is 9.88 Å². The van der Waals surface area contributed by atoms with Crippen molar-refractivity contribution >= 4 is 17.5 Å². The molecule has 114 valence electrons. The maximum Gasteiger partial charge on any atom is 0.340 e. The summed E-state index contributed by atoms with van der Waals surface area (Å²) in [5.74, 6) is 1.28. The van der Waals surface area contributed by atoms with Gasteiger partial charge in [0.1, 0.15) is 5.82 Å². The molecule has 1 saturated carbocycles. The van der Waals surface area contributed by atoms with Crippen LogP contribution in [0.15, 0.2) is 12.3 Å². The zero-order valence-electron chi connectivity index (χ0n) is 12.5. The molecule has 2 aliphatic rings. The molecule has 0 radical (unpaired) electrons. The molecule has 0 aromatic carbocycles. The van der Waals surface area contributed by atoms with Gasteiger partial charge in [-0.2, -0.15) is 0 Å². The molecule has 5 nitrogen and oxygen atoms in total. The number of hydrogen-bond donors (Lipinski definition) is 1. The number of fused-ring (bicyclic) bond motifs is 1. The van der Waals surface area contributed by atoms with E-state index in [0.29, 0.717) is 23.9 Å². The largest absolute Gasteiger partial charge is 0.462 e. The molecule has 5 heteroatoms. The van der Waals surface area contributed by atoms with Crippen LogP contribution in [0.2, 0.25) is 0 Å². The number of aromatic nitrogens is 1. The first-order valence-electron chi connectivity index (χ1n) is 7.90. The normalized spacial score (nSPS) is 24.7. The predicted octanol–water partition coefficient (Wildman–Crippen LogP) is 2.61. The summed E-state index contributed by atoms with van der Waals surface area (Å²) in [4.78, 5) is 18.8. The van der Waals surface area contributed by atoms with E-state index in [1.807, 2.05) is 0 Å². The number of ether oxygens (including phenoxy) is 1. The zero-order chi connectivity index (χ0) is 14.8. The minimum atomic E-state index is -0.363. The highest BCUT2D eigenvalue weighted by molar-refractivity contribution is 5.95. The first kappa shape index (κ1) is 14.2. The lowest BCUT2D eigenvalue weighted by Gasteiger charge is -2.32. The van der Waals surface area contributed by atoms with E-state index in [9.17, 15) is 4.79 Å². The maximum absolute atomic E-state index is 12.0. The molecule has 3 rings (SSSR count). The summed E-state index contributed by atoms with van der Waals surface area (Å²) in [6.07, 6.45) is 7.99. The minimum Gasteiger partial charge on any atom is -0.462 e. The van der Waals surface area contributed by atoms with E-state index in [0.717, 1.165) is 18.3 Å². The third-order valence-corrected chi connectivity index (χ3v) is 4.72. The van der Waals surface area contributed by atoms with Crippen molar-refractivity contribution in [2.24, 2.45) is 5.92 Å². The number of nitrogen functional groups attached to an aromatic ring is 1. The fourth-order valence-electron chi connectivity index (χ4n) is 3.69. The van der Waals surface area contributed by atoms with Gasteiger partial charge in [0, 0.05) is 12.6 Å². The Bertz CT molecular complexity index is 532. The van der Waals surface area contributed by atoms with Gasteiger partial charge < -0.3 is 15.4 Å². The molecule has 1 aromatic rings. The second-order valence-electron chi connectivity index (χ2n) is 5.94. The van der Waals surface area contributed by atoms with Gasteiger partial charge in [-0.25, -0.2) is 9.78 Å². The van der Waals surface area contributed by atoms with E-state index >= 15 is 0 Å². The zero-order valence-corrected chi connectivity index (χ0v) is 12.5. The average molecular weight is 289 g/mol. The summed E-state index contributed by atoms with van der Waals surface area (Å²) in [5.41, 5.74) is 6.69. The first-order valence-corrected chi connectivity index (χ1v) is 7.90. The Kier molecular flexibility index (Phi) is 3.99. The summed E-state index contributed by atoms with van der Waals surface area (Å²) in [5, 5.41) is 0. The van der Waals surface area contributed by atoms with Gasteiger partial charge in [-0.05, 0) is 38.2 Å². The van der Waals surface area contributed by atoms with Crippen LogP contribution in [0.5, 0.6) is 0 Å². The second kappa shape index (κ2) is 5.92. The summed E-state index contributed by atoms with van der Waals surface area (Å²) in [7, 11) is 0. The minimum absolute atomic E-state index is 0.352. The molecule has 0 bridgehead atoms. The molecule has 0 amide bonds. The van der Waals surface area contributed by atoms with Crippen molar-refractivity contribution in [1.29, 1.82) is 0 Å². The SMILES string of the molecule is CCOC(=O)c1cc(N2CCC3CCCCC32)ncc1N. The van der Waals surface area contributed by atoms with E-state index in [1.165, 1.54) is 32.1 Å². The van der Waals surface area contributed by atoms with Crippen molar-refractivity contribution in [1.82, 2.24) is 4.98 Å². The van der Waals surface area contributed by atoms with Gasteiger partial charge >= 0.3 is 5.97 Å². The van der Waals surface area contributed by atoms with E-state index in [1.54, 1.807) is 19.2 Å². The summed E-state index contributed by atoms with van der Waals surface area (Å²) < 4.78 is 5.07. The van der Waals surface area contributed by atoms with Gasteiger partial charge in [-0.1, -0.05) is 12.8 Å². The van der Waals surface area contributed by atoms with Crippen LogP contribution in [-0.2, 0) is 4.74 Å². The predicted molar refractivity (Wildman–Crippen MR) is 82.3 cm³/mol. The molecule has 21 heavy (non-hydrogen) atoms. The van der Waals surface area contributed by atoms with Gasteiger partial charge in [0.2, 0.25) is 0 Å². The molecule has 2 heterocycles. The van der Waals surface area contributed by atoms with Crippen LogP contribution in [0.1, 0.15) is 49.4 Å². The fraction of sp³-hybridized carbons (Fsp3) is 0.625. The lowest BCUT2D eigenvalue weighted by Crippen LogP contribution is -2.35. The second-order valence-corrected chi connectivity index (χ2v) is 5.94. The third-order valence-electron chi connectivity index (χ3n) is 4.72. The van der Waals surface area contributed by atoms with Crippen LogP contribution in [0.3, 0.4) is 0 Å². The smallest absolute Gasteiger partial charge is 0.340 e. The standard InChI is InChI=1S/C16H23N3O2/c1-2-21-16(20)12-9-15(18-10-13(12)17)19-8-7-11-5-3-4-6-14(11)19/h9-11,14H,2-8,17H2,1H3. The Hall–Kier alpha value is -1.78. The van der Waals surface area contributed by atoms with Crippen LogP contribution in [0.4, 0.5) is 11.5 Å². The van der Waals surface area contributed by atoms with Crippen molar-refractivity contribution < 1.29 is 9.53 Å². The van der Waals surface area contributed by atoms with Gasteiger partial charge in [0.25, 0.3) is 0 Å².